The van der Waals surface area contributed by atoms with E-state index in [0.29, 0.717) is 11.4 Å². The van der Waals surface area contributed by atoms with Gasteiger partial charge in [0, 0.05) is 9.22 Å². The Balaban J connectivity index is 1.48. The third-order valence-electron chi connectivity index (χ3n) is 4.86. The molecule has 2 aliphatic heterocycles. The molecule has 4 rings (SSSR count). The molecule has 11 heteroatoms. The van der Waals surface area contributed by atoms with Gasteiger partial charge in [0.25, 0.3) is 0 Å². The first-order valence-corrected chi connectivity index (χ1v) is 10.0. The fourth-order valence-electron chi connectivity index (χ4n) is 3.51. The lowest BCUT2D eigenvalue weighted by Gasteiger charge is -2.44. The topological polar surface area (TPSA) is 130 Å². The average Bonchev–Trinajstić information content (AvgIpc) is 3.23. The van der Waals surface area contributed by atoms with Gasteiger partial charge in [-0.2, -0.15) is 5.21 Å². The van der Waals surface area contributed by atoms with E-state index in [9.17, 15) is 9.59 Å². The predicted octanol–water partition coefficient (Wildman–Crippen LogP) is 0.882. The van der Waals surface area contributed by atoms with Crippen LogP contribution in [-0.2, 0) is 9.59 Å². The summed E-state index contributed by atoms with van der Waals surface area (Å²) in [5, 5.41) is 16.7. The second-order valence-corrected chi connectivity index (χ2v) is 9.73. The summed E-state index contributed by atoms with van der Waals surface area (Å²) < 4.78 is 0.595. The minimum absolute atomic E-state index is 0.163. The molecule has 0 radical (unpaired) electrons. The highest BCUT2D eigenvalue weighted by Crippen LogP contribution is 2.56. The summed E-state index contributed by atoms with van der Waals surface area (Å²) in [4.78, 5) is 27.0. The van der Waals surface area contributed by atoms with Crippen molar-refractivity contribution in [3.8, 4) is 0 Å². The van der Waals surface area contributed by atoms with Crippen molar-refractivity contribution in [3.05, 3.63) is 40.1 Å². The van der Waals surface area contributed by atoms with Crippen molar-refractivity contribution in [2.45, 2.75) is 42.1 Å². The molecule has 0 aliphatic carbocycles. The van der Waals surface area contributed by atoms with Gasteiger partial charge in [0.1, 0.15) is 23.5 Å². The van der Waals surface area contributed by atoms with Crippen molar-refractivity contribution in [2.24, 2.45) is 5.73 Å². The van der Waals surface area contributed by atoms with Gasteiger partial charge in [0.2, 0.25) is 11.8 Å². The maximum Gasteiger partial charge on any atom is 0.249 e. The summed E-state index contributed by atoms with van der Waals surface area (Å²) >= 11 is 4.96. The number of nitrogens with zero attached hydrogens (tertiary/aromatic N) is 4. The fraction of sp³-hybridized carbons (Fsp3) is 0.438. The van der Waals surface area contributed by atoms with Crippen LogP contribution in [0.3, 0.4) is 0 Å². The highest BCUT2D eigenvalue weighted by atomic mass is 79.9. The van der Waals surface area contributed by atoms with Crippen molar-refractivity contribution in [3.63, 3.8) is 0 Å². The Hall–Kier alpha value is -1.98. The fourth-order valence-corrected chi connectivity index (χ4v) is 5.41. The normalized spacial score (nSPS) is 27.0. The van der Waals surface area contributed by atoms with Crippen LogP contribution in [0.2, 0.25) is 0 Å². The second kappa shape index (κ2) is 6.57. The number of aromatic nitrogens is 4. The molecule has 0 saturated carbocycles. The van der Waals surface area contributed by atoms with Crippen molar-refractivity contribution >= 4 is 39.5 Å². The number of H-pyrrole nitrogens is 1. The van der Waals surface area contributed by atoms with Gasteiger partial charge in [0.05, 0.1) is 0 Å². The van der Waals surface area contributed by atoms with Gasteiger partial charge < -0.3 is 16.0 Å². The van der Waals surface area contributed by atoms with E-state index in [1.807, 2.05) is 26.0 Å². The molecule has 27 heavy (non-hydrogen) atoms. The number of carbonyl (C=O) groups is 2. The number of hydrogen-bond acceptors (Lipinski definition) is 7. The molecule has 0 spiro atoms. The van der Waals surface area contributed by atoms with E-state index >= 15 is 0 Å². The molecule has 1 aromatic heterocycles. The third-order valence-corrected chi connectivity index (χ3v) is 6.96. The number of thioether (sulfide) groups is 1. The molecular formula is C16H18BrN7O2S. The molecule has 142 valence electrons. The van der Waals surface area contributed by atoms with Crippen LogP contribution in [0, 0.1) is 0 Å². The Morgan fingerprint density at radius 3 is 2.74 bits per heavy atom. The highest BCUT2D eigenvalue weighted by molar-refractivity contribution is 9.10. The number of fused-ring (bicyclic) bond motifs is 1. The molecule has 3 heterocycles. The first-order chi connectivity index (χ1) is 12.8. The van der Waals surface area contributed by atoms with Gasteiger partial charge >= 0.3 is 0 Å². The van der Waals surface area contributed by atoms with Crippen molar-refractivity contribution < 1.29 is 9.59 Å². The second-order valence-electron chi connectivity index (χ2n) is 7.05. The number of aromatic amines is 1. The van der Waals surface area contributed by atoms with Gasteiger partial charge in [-0.05, 0) is 31.5 Å². The number of hydrogen-bond donors (Lipinski definition) is 3. The summed E-state index contributed by atoms with van der Waals surface area (Å²) in [5.74, 6) is -0.0688. The maximum atomic E-state index is 12.7. The summed E-state index contributed by atoms with van der Waals surface area (Å²) in [6.07, 6.45) is 0. The van der Waals surface area contributed by atoms with Crippen LogP contribution in [0.1, 0.15) is 37.3 Å². The van der Waals surface area contributed by atoms with E-state index in [2.05, 4.69) is 41.9 Å². The van der Waals surface area contributed by atoms with Crippen molar-refractivity contribution in [1.82, 2.24) is 30.8 Å². The molecule has 2 unspecified atom stereocenters. The van der Waals surface area contributed by atoms with Gasteiger partial charge in [0.15, 0.2) is 5.82 Å². The number of nitrogens with one attached hydrogen (secondary N) is 2. The number of tetrazole rings is 1. The number of carbonyl (C=O) groups excluding carboxylic acids is 2. The van der Waals surface area contributed by atoms with Crippen LogP contribution >= 0.6 is 27.7 Å². The van der Waals surface area contributed by atoms with Gasteiger partial charge in [-0.3, -0.25) is 9.59 Å². The number of benzene rings is 1. The van der Waals surface area contributed by atoms with Crippen LogP contribution in [0.15, 0.2) is 28.7 Å². The zero-order valence-corrected chi connectivity index (χ0v) is 17.0. The first-order valence-electron chi connectivity index (χ1n) is 8.34. The lowest BCUT2D eigenvalue weighted by Crippen LogP contribution is -2.68. The highest BCUT2D eigenvalue weighted by Gasteiger charge is 2.63. The smallest absolute Gasteiger partial charge is 0.249 e. The average molecular weight is 452 g/mol. The lowest BCUT2D eigenvalue weighted by molar-refractivity contribution is -0.152. The largest absolute Gasteiger partial charge is 0.340 e. The summed E-state index contributed by atoms with van der Waals surface area (Å²) in [7, 11) is 0. The van der Waals surface area contributed by atoms with Gasteiger partial charge in [-0.25, -0.2) is 0 Å². The number of halogens is 1. The molecule has 0 bridgehead atoms. The van der Waals surface area contributed by atoms with Gasteiger partial charge in [-0.15, -0.1) is 22.0 Å². The van der Waals surface area contributed by atoms with Crippen LogP contribution < -0.4 is 11.1 Å². The van der Waals surface area contributed by atoms with Crippen molar-refractivity contribution in [1.29, 1.82) is 0 Å². The Morgan fingerprint density at radius 1 is 1.41 bits per heavy atom. The molecule has 2 aromatic rings. The predicted molar refractivity (Wildman–Crippen MR) is 102 cm³/mol. The minimum atomic E-state index is -0.840. The zero-order chi connectivity index (χ0) is 19.3. The van der Waals surface area contributed by atoms with Crippen LogP contribution in [0.4, 0.5) is 0 Å². The molecule has 4 N–H and O–H groups in total. The SMILES string of the molecule is CC1(C)S[C@@H]2C(NC(=O)[C@H](N)c3ccc(Br)cc3)C(=O)N2C1c1nn[nH]n1. The Labute approximate surface area is 167 Å². The number of nitrogens with two attached hydrogens (primary N) is 1. The Kier molecular flexibility index (Phi) is 4.47. The van der Waals surface area contributed by atoms with E-state index < -0.39 is 12.1 Å². The standard InChI is InChI=1S/C16H18BrN7O2S/c1-16(2)11(12-20-22-23-21-12)24-14(26)10(15(24)27-16)19-13(25)9(18)7-3-5-8(17)6-4-7/h3-6,9-11,15H,18H2,1-2H3,(H,19,25)(H,20,21,22,23)/t9-,10?,11?,15-/m1/s1. The lowest BCUT2D eigenvalue weighted by atomic mass is 9.95. The number of rotatable bonds is 4. The quantitative estimate of drug-likeness (QED) is 0.588. The molecule has 2 saturated heterocycles. The van der Waals surface area contributed by atoms with E-state index in [1.165, 1.54) is 0 Å². The summed E-state index contributed by atoms with van der Waals surface area (Å²) in [6, 6.07) is 5.46. The number of β-lactam (4-membered cyclic amide) rings is 1. The summed E-state index contributed by atoms with van der Waals surface area (Å²) in [5.41, 5.74) is 6.75. The molecular weight excluding hydrogens is 434 g/mol. The zero-order valence-electron chi connectivity index (χ0n) is 14.6. The third kappa shape index (κ3) is 3.03. The molecule has 2 aliphatic rings. The number of amides is 2. The monoisotopic (exact) mass is 451 g/mol. The Morgan fingerprint density at radius 2 is 2.11 bits per heavy atom. The molecule has 2 fully saturated rings. The molecule has 9 nitrogen and oxygen atoms in total. The van der Waals surface area contributed by atoms with E-state index in [-0.39, 0.29) is 28.0 Å². The van der Waals surface area contributed by atoms with Crippen molar-refractivity contribution in [2.75, 3.05) is 0 Å². The Bertz CT molecular complexity index is 873. The van der Waals surface area contributed by atoms with Crippen LogP contribution in [0.25, 0.3) is 0 Å². The molecule has 1 aromatic carbocycles. The maximum absolute atomic E-state index is 12.7. The van der Waals surface area contributed by atoms with Crippen LogP contribution in [-0.4, -0.2) is 53.5 Å². The molecule has 2 amide bonds. The van der Waals surface area contributed by atoms with Gasteiger partial charge in [-0.1, -0.05) is 33.3 Å². The first kappa shape index (κ1) is 18.4. The van der Waals surface area contributed by atoms with E-state index in [0.717, 1.165) is 4.47 Å². The summed E-state index contributed by atoms with van der Waals surface area (Å²) in [6.45, 7) is 4.05. The van der Waals surface area contributed by atoms with E-state index in [4.69, 9.17) is 5.73 Å². The van der Waals surface area contributed by atoms with Crippen LogP contribution in [0.5, 0.6) is 0 Å². The van der Waals surface area contributed by atoms with E-state index in [1.54, 1.807) is 28.8 Å². The molecule has 4 atom stereocenters. The minimum Gasteiger partial charge on any atom is -0.340 e.